The van der Waals surface area contributed by atoms with Crippen molar-refractivity contribution in [1.29, 1.82) is 0 Å². The van der Waals surface area contributed by atoms with E-state index in [2.05, 4.69) is 21.9 Å². The molecule has 152 valence electrons. The van der Waals surface area contributed by atoms with Crippen molar-refractivity contribution >= 4 is 16.9 Å². The number of nitrogens with zero attached hydrogens (tertiary/aromatic N) is 5. The van der Waals surface area contributed by atoms with Crippen molar-refractivity contribution in [2.75, 3.05) is 25.9 Å². The van der Waals surface area contributed by atoms with Crippen molar-refractivity contribution in [2.24, 2.45) is 0 Å². The smallest absolute Gasteiger partial charge is 0.164 e. The van der Waals surface area contributed by atoms with Gasteiger partial charge in [-0.05, 0) is 57.2 Å². The number of likely N-dealkylation sites (tertiary alicyclic amines) is 1. The standard InChI is InChI=1S/C23H24N6O/c1-28-12-10-17(11-13-28)29-23-20(22(24)25-15-26-23)21(27-29)16-6-5-9-19(14-16)30-18-7-3-2-4-8-18/h2-9,14-15,17H,10-13H2,1H3,(H2,24,25,26). The Labute approximate surface area is 175 Å². The number of nitrogens with two attached hydrogens (primary N) is 1. The molecule has 1 fully saturated rings. The van der Waals surface area contributed by atoms with Gasteiger partial charge in [-0.2, -0.15) is 5.10 Å². The van der Waals surface area contributed by atoms with E-state index in [0.717, 1.165) is 59.7 Å². The maximum atomic E-state index is 6.28. The number of fused-ring (bicyclic) bond motifs is 1. The molecule has 5 rings (SSSR count). The zero-order valence-corrected chi connectivity index (χ0v) is 16.9. The van der Waals surface area contributed by atoms with E-state index in [-0.39, 0.29) is 0 Å². The van der Waals surface area contributed by atoms with Gasteiger partial charge in [-0.3, -0.25) is 0 Å². The van der Waals surface area contributed by atoms with Gasteiger partial charge in [-0.1, -0.05) is 30.3 Å². The predicted molar refractivity (Wildman–Crippen MR) is 117 cm³/mol. The van der Waals surface area contributed by atoms with Crippen LogP contribution in [0.1, 0.15) is 18.9 Å². The van der Waals surface area contributed by atoms with Crippen LogP contribution in [0.15, 0.2) is 60.9 Å². The molecule has 0 saturated carbocycles. The average Bonchev–Trinajstić information content (AvgIpc) is 3.16. The van der Waals surface area contributed by atoms with E-state index < -0.39 is 0 Å². The molecule has 0 radical (unpaired) electrons. The summed E-state index contributed by atoms with van der Waals surface area (Å²) in [5, 5.41) is 5.78. The molecule has 4 aromatic rings. The number of piperidine rings is 1. The molecule has 1 aliphatic rings. The number of para-hydroxylation sites is 1. The first-order chi connectivity index (χ1) is 14.7. The summed E-state index contributed by atoms with van der Waals surface area (Å²) in [6, 6.07) is 17.9. The lowest BCUT2D eigenvalue weighted by atomic mass is 10.1. The van der Waals surface area contributed by atoms with Gasteiger partial charge >= 0.3 is 0 Å². The molecule has 30 heavy (non-hydrogen) atoms. The number of aromatic nitrogens is 4. The Morgan fingerprint density at radius 3 is 2.53 bits per heavy atom. The molecule has 0 atom stereocenters. The summed E-state index contributed by atoms with van der Waals surface area (Å²) in [5.41, 5.74) is 8.79. The molecule has 0 unspecified atom stereocenters. The second kappa shape index (κ2) is 7.76. The minimum Gasteiger partial charge on any atom is -0.457 e. The SMILES string of the molecule is CN1CCC(n2nc(-c3cccc(Oc4ccccc4)c3)c3c(N)ncnc32)CC1. The van der Waals surface area contributed by atoms with Gasteiger partial charge in [-0.25, -0.2) is 14.6 Å². The van der Waals surface area contributed by atoms with Crippen LogP contribution >= 0.6 is 0 Å². The summed E-state index contributed by atoms with van der Waals surface area (Å²) in [6.07, 6.45) is 3.59. The van der Waals surface area contributed by atoms with E-state index in [4.69, 9.17) is 15.6 Å². The van der Waals surface area contributed by atoms with Gasteiger partial charge in [0.2, 0.25) is 0 Å². The highest BCUT2D eigenvalue weighted by molar-refractivity contribution is 5.98. The van der Waals surface area contributed by atoms with Gasteiger partial charge < -0.3 is 15.4 Å². The summed E-state index contributed by atoms with van der Waals surface area (Å²) in [7, 11) is 2.15. The molecule has 2 N–H and O–H groups in total. The van der Waals surface area contributed by atoms with Crippen molar-refractivity contribution in [2.45, 2.75) is 18.9 Å². The Kier molecular flexibility index (Phi) is 4.80. The molecule has 0 bridgehead atoms. The molecule has 1 saturated heterocycles. The number of benzene rings is 2. The summed E-state index contributed by atoms with van der Waals surface area (Å²) < 4.78 is 8.06. The molecular weight excluding hydrogens is 376 g/mol. The monoisotopic (exact) mass is 400 g/mol. The average molecular weight is 400 g/mol. The Morgan fingerprint density at radius 2 is 1.73 bits per heavy atom. The predicted octanol–water partition coefficient (Wildman–Crippen LogP) is 4.13. The zero-order valence-electron chi connectivity index (χ0n) is 16.9. The third-order valence-electron chi connectivity index (χ3n) is 5.64. The lowest BCUT2D eigenvalue weighted by molar-refractivity contribution is 0.215. The Bertz CT molecular complexity index is 1170. The second-order valence-corrected chi connectivity index (χ2v) is 7.73. The summed E-state index contributed by atoms with van der Waals surface area (Å²) in [5.74, 6) is 1.99. The van der Waals surface area contributed by atoms with E-state index in [1.54, 1.807) is 0 Å². The first-order valence-electron chi connectivity index (χ1n) is 10.2. The van der Waals surface area contributed by atoms with Crippen LogP contribution in [-0.4, -0.2) is 44.8 Å². The Morgan fingerprint density at radius 1 is 0.967 bits per heavy atom. The van der Waals surface area contributed by atoms with Crippen LogP contribution < -0.4 is 10.5 Å². The maximum absolute atomic E-state index is 6.28. The third kappa shape index (κ3) is 3.48. The van der Waals surface area contributed by atoms with Gasteiger partial charge in [0.25, 0.3) is 0 Å². The highest BCUT2D eigenvalue weighted by Gasteiger charge is 2.25. The zero-order chi connectivity index (χ0) is 20.5. The fraction of sp³-hybridized carbons (Fsp3) is 0.261. The Balaban J connectivity index is 1.57. The van der Waals surface area contributed by atoms with Crippen LogP contribution in [0, 0.1) is 0 Å². The largest absolute Gasteiger partial charge is 0.457 e. The number of rotatable bonds is 4. The second-order valence-electron chi connectivity index (χ2n) is 7.73. The molecule has 7 nitrogen and oxygen atoms in total. The first kappa shape index (κ1) is 18.6. The number of hydrogen-bond donors (Lipinski definition) is 1. The fourth-order valence-electron chi connectivity index (χ4n) is 4.02. The first-order valence-corrected chi connectivity index (χ1v) is 10.2. The summed E-state index contributed by atoms with van der Waals surface area (Å²) >= 11 is 0. The van der Waals surface area contributed by atoms with Crippen molar-refractivity contribution in [3.63, 3.8) is 0 Å². The highest BCUT2D eigenvalue weighted by atomic mass is 16.5. The third-order valence-corrected chi connectivity index (χ3v) is 5.64. The minimum atomic E-state index is 0.301. The van der Waals surface area contributed by atoms with Gasteiger partial charge in [0.1, 0.15) is 29.3 Å². The van der Waals surface area contributed by atoms with Gasteiger partial charge in [-0.15, -0.1) is 0 Å². The van der Waals surface area contributed by atoms with E-state index in [1.807, 2.05) is 59.3 Å². The quantitative estimate of drug-likeness (QED) is 0.555. The van der Waals surface area contributed by atoms with Crippen molar-refractivity contribution in [3.8, 4) is 22.8 Å². The molecule has 1 aliphatic heterocycles. The van der Waals surface area contributed by atoms with Crippen LogP contribution in [0.4, 0.5) is 5.82 Å². The normalized spacial score (nSPS) is 15.5. The van der Waals surface area contributed by atoms with Crippen LogP contribution in [0.2, 0.25) is 0 Å². The van der Waals surface area contributed by atoms with Crippen LogP contribution in [-0.2, 0) is 0 Å². The fourth-order valence-corrected chi connectivity index (χ4v) is 4.02. The van der Waals surface area contributed by atoms with E-state index in [1.165, 1.54) is 6.33 Å². The van der Waals surface area contributed by atoms with Crippen molar-refractivity contribution in [1.82, 2.24) is 24.6 Å². The van der Waals surface area contributed by atoms with Crippen molar-refractivity contribution in [3.05, 3.63) is 60.9 Å². The summed E-state index contributed by atoms with van der Waals surface area (Å²) in [6.45, 7) is 2.09. The van der Waals surface area contributed by atoms with E-state index >= 15 is 0 Å². The molecular formula is C23H24N6O. The molecule has 0 amide bonds. The van der Waals surface area contributed by atoms with E-state index in [0.29, 0.717) is 11.9 Å². The molecule has 0 aliphatic carbocycles. The molecule has 2 aromatic heterocycles. The molecule has 2 aromatic carbocycles. The lowest BCUT2D eigenvalue weighted by Crippen LogP contribution is -2.31. The van der Waals surface area contributed by atoms with Gasteiger partial charge in [0.05, 0.1) is 11.4 Å². The number of hydrogen-bond acceptors (Lipinski definition) is 6. The lowest BCUT2D eigenvalue weighted by Gasteiger charge is -2.29. The maximum Gasteiger partial charge on any atom is 0.164 e. The molecule has 3 heterocycles. The highest BCUT2D eigenvalue weighted by Crippen LogP contribution is 2.35. The van der Waals surface area contributed by atoms with Crippen LogP contribution in [0.25, 0.3) is 22.3 Å². The topological polar surface area (TPSA) is 82.1 Å². The number of ether oxygens (including phenoxy) is 1. The summed E-state index contributed by atoms with van der Waals surface area (Å²) in [4.78, 5) is 11.1. The minimum absolute atomic E-state index is 0.301. The van der Waals surface area contributed by atoms with E-state index in [9.17, 15) is 0 Å². The number of nitrogen functional groups attached to an aromatic ring is 1. The van der Waals surface area contributed by atoms with Crippen molar-refractivity contribution < 1.29 is 4.74 Å². The van der Waals surface area contributed by atoms with Crippen LogP contribution in [0.5, 0.6) is 11.5 Å². The molecule has 0 spiro atoms. The van der Waals surface area contributed by atoms with Gasteiger partial charge in [0.15, 0.2) is 5.65 Å². The number of anilines is 1. The van der Waals surface area contributed by atoms with Gasteiger partial charge in [0, 0.05) is 5.56 Å². The Hall–Kier alpha value is -3.45. The molecule has 7 heteroatoms. The van der Waals surface area contributed by atoms with Crippen LogP contribution in [0.3, 0.4) is 0 Å².